The summed E-state index contributed by atoms with van der Waals surface area (Å²) in [7, 11) is 0. The fourth-order valence-electron chi connectivity index (χ4n) is 4.14. The first-order valence-corrected chi connectivity index (χ1v) is 9.83. The van der Waals surface area contributed by atoms with Crippen LogP contribution >= 0.6 is 0 Å². The number of hydrogen-bond donors (Lipinski definition) is 0. The third-order valence-corrected chi connectivity index (χ3v) is 5.65. The van der Waals surface area contributed by atoms with Gasteiger partial charge in [-0.1, -0.05) is 41.9 Å². The minimum Gasteiger partial charge on any atom is -0.349 e. The van der Waals surface area contributed by atoms with Crippen molar-refractivity contribution in [1.82, 2.24) is 20.1 Å². The number of amides is 1. The molecule has 0 aliphatic carbocycles. The molecular weight excluding hydrogens is 342 g/mol. The van der Waals surface area contributed by atoms with Crippen LogP contribution in [0.5, 0.6) is 0 Å². The van der Waals surface area contributed by atoms with Crippen LogP contribution in [0, 0.1) is 6.92 Å². The third kappa shape index (κ3) is 3.98. The van der Waals surface area contributed by atoms with Crippen molar-refractivity contribution in [2.75, 3.05) is 37.6 Å². The summed E-state index contributed by atoms with van der Waals surface area (Å²) in [6.45, 7) is 6.73. The molecule has 27 heavy (non-hydrogen) atoms. The molecule has 0 spiro atoms. The molecule has 0 saturated carbocycles. The number of hydrogen-bond acceptors (Lipinski definition) is 6. The highest BCUT2D eigenvalue weighted by molar-refractivity contribution is 5.82. The van der Waals surface area contributed by atoms with E-state index in [2.05, 4.69) is 44.4 Å². The van der Waals surface area contributed by atoms with E-state index in [0.717, 1.165) is 63.6 Å². The topological polar surface area (TPSA) is 65.7 Å². The number of rotatable bonds is 4. The fourth-order valence-corrected chi connectivity index (χ4v) is 4.14. The number of likely N-dealkylation sites (tertiary alicyclic amines) is 1. The zero-order chi connectivity index (χ0) is 18.6. The fraction of sp³-hybridized carbons (Fsp3) is 0.550. The van der Waals surface area contributed by atoms with Crippen LogP contribution in [0.3, 0.4) is 0 Å². The lowest BCUT2D eigenvalue weighted by Crippen LogP contribution is -2.56. The van der Waals surface area contributed by atoms with Crippen LogP contribution in [0.1, 0.15) is 30.5 Å². The van der Waals surface area contributed by atoms with Crippen molar-refractivity contribution >= 4 is 11.7 Å². The molecule has 0 unspecified atom stereocenters. The van der Waals surface area contributed by atoms with E-state index in [-0.39, 0.29) is 11.9 Å². The van der Waals surface area contributed by atoms with Gasteiger partial charge in [-0.15, -0.1) is 0 Å². The Kier molecular flexibility index (Phi) is 5.38. The molecule has 144 valence electrons. The van der Waals surface area contributed by atoms with Crippen molar-refractivity contribution in [2.45, 2.75) is 38.8 Å². The van der Waals surface area contributed by atoms with Gasteiger partial charge in [-0.25, -0.2) is 4.63 Å². The van der Waals surface area contributed by atoms with Gasteiger partial charge in [0.15, 0.2) is 5.82 Å². The van der Waals surface area contributed by atoms with Gasteiger partial charge < -0.3 is 9.80 Å². The highest BCUT2D eigenvalue weighted by Crippen LogP contribution is 2.23. The first-order chi connectivity index (χ1) is 13.2. The number of carbonyl (C=O) groups excluding carboxylic acids is 1. The number of nitrogens with zero attached hydrogens (tertiary/aromatic N) is 5. The molecule has 2 aliphatic rings. The second-order valence-corrected chi connectivity index (χ2v) is 7.45. The molecule has 0 bridgehead atoms. The lowest BCUT2D eigenvalue weighted by atomic mass is 9.99. The van der Waals surface area contributed by atoms with Crippen LogP contribution in [0.4, 0.5) is 5.82 Å². The summed E-state index contributed by atoms with van der Waals surface area (Å²) in [5.74, 6) is 1.07. The van der Waals surface area contributed by atoms with Gasteiger partial charge in [0, 0.05) is 32.7 Å². The average molecular weight is 369 g/mol. The lowest BCUT2D eigenvalue weighted by molar-refractivity contribution is -0.138. The summed E-state index contributed by atoms with van der Waals surface area (Å²) in [4.78, 5) is 19.8. The van der Waals surface area contributed by atoms with Crippen LogP contribution in [0.25, 0.3) is 0 Å². The zero-order valence-electron chi connectivity index (χ0n) is 15.9. The van der Waals surface area contributed by atoms with Gasteiger partial charge in [0.2, 0.25) is 5.91 Å². The molecule has 7 heteroatoms. The van der Waals surface area contributed by atoms with Crippen LogP contribution in [-0.2, 0) is 11.3 Å². The average Bonchev–Trinajstić information content (AvgIpc) is 3.15. The number of piperazine rings is 1. The minimum atomic E-state index is 0.000888. The number of carbonyl (C=O) groups is 1. The second-order valence-electron chi connectivity index (χ2n) is 7.45. The normalized spacial score (nSPS) is 21.4. The largest absolute Gasteiger partial charge is 0.349 e. The summed E-state index contributed by atoms with van der Waals surface area (Å²) >= 11 is 0. The third-order valence-electron chi connectivity index (χ3n) is 5.65. The Morgan fingerprint density at radius 2 is 1.85 bits per heavy atom. The Morgan fingerprint density at radius 1 is 1.07 bits per heavy atom. The van der Waals surface area contributed by atoms with Crippen molar-refractivity contribution in [3.8, 4) is 0 Å². The SMILES string of the molecule is Cc1nonc1N1CCN(C(=O)[C@H]2CCCCN2Cc2ccccc2)CC1. The molecule has 0 radical (unpaired) electrons. The maximum Gasteiger partial charge on any atom is 0.240 e. The lowest BCUT2D eigenvalue weighted by Gasteiger charge is -2.41. The Bertz CT molecular complexity index is 755. The van der Waals surface area contributed by atoms with E-state index in [1.54, 1.807) is 0 Å². The van der Waals surface area contributed by atoms with Gasteiger partial charge in [-0.2, -0.15) is 0 Å². The molecule has 1 amide bonds. The molecular formula is C20H27N5O2. The van der Waals surface area contributed by atoms with Crippen LogP contribution in [0.15, 0.2) is 35.0 Å². The molecule has 1 aromatic carbocycles. The predicted octanol–water partition coefficient (Wildman–Crippen LogP) is 2.08. The molecule has 1 atom stereocenters. The van der Waals surface area contributed by atoms with Crippen LogP contribution in [-0.4, -0.2) is 64.8 Å². The van der Waals surface area contributed by atoms with Crippen molar-refractivity contribution in [3.05, 3.63) is 41.6 Å². The van der Waals surface area contributed by atoms with Crippen molar-refractivity contribution < 1.29 is 9.42 Å². The molecule has 7 nitrogen and oxygen atoms in total. The number of piperidine rings is 1. The van der Waals surface area contributed by atoms with Gasteiger partial charge in [0.25, 0.3) is 0 Å². The van der Waals surface area contributed by atoms with Crippen molar-refractivity contribution in [3.63, 3.8) is 0 Å². The van der Waals surface area contributed by atoms with E-state index in [9.17, 15) is 4.79 Å². The molecule has 3 heterocycles. The van der Waals surface area contributed by atoms with E-state index < -0.39 is 0 Å². The van der Waals surface area contributed by atoms with E-state index in [4.69, 9.17) is 4.63 Å². The van der Waals surface area contributed by atoms with Gasteiger partial charge >= 0.3 is 0 Å². The molecule has 0 N–H and O–H groups in total. The summed E-state index contributed by atoms with van der Waals surface area (Å²) in [6.07, 6.45) is 3.26. The highest BCUT2D eigenvalue weighted by atomic mass is 16.6. The Balaban J connectivity index is 1.38. The molecule has 4 rings (SSSR count). The monoisotopic (exact) mass is 369 g/mol. The van der Waals surface area contributed by atoms with Gasteiger partial charge in [0.05, 0.1) is 6.04 Å². The Hall–Kier alpha value is -2.41. The van der Waals surface area contributed by atoms with Crippen molar-refractivity contribution in [2.24, 2.45) is 0 Å². The number of anilines is 1. The van der Waals surface area contributed by atoms with E-state index in [1.165, 1.54) is 12.0 Å². The quantitative estimate of drug-likeness (QED) is 0.822. The van der Waals surface area contributed by atoms with E-state index >= 15 is 0 Å². The van der Waals surface area contributed by atoms with Gasteiger partial charge in [0.1, 0.15) is 5.69 Å². The Morgan fingerprint density at radius 3 is 2.56 bits per heavy atom. The first kappa shape index (κ1) is 18.0. The van der Waals surface area contributed by atoms with E-state index in [0.29, 0.717) is 0 Å². The zero-order valence-corrected chi connectivity index (χ0v) is 15.9. The molecule has 2 saturated heterocycles. The maximum absolute atomic E-state index is 13.2. The maximum atomic E-state index is 13.2. The van der Waals surface area contributed by atoms with Crippen molar-refractivity contribution in [1.29, 1.82) is 0 Å². The predicted molar refractivity (Wildman–Crippen MR) is 102 cm³/mol. The van der Waals surface area contributed by atoms with Gasteiger partial charge in [-0.3, -0.25) is 9.69 Å². The molecule has 2 fully saturated rings. The number of benzene rings is 1. The highest BCUT2D eigenvalue weighted by Gasteiger charge is 2.33. The second kappa shape index (κ2) is 8.08. The Labute approximate surface area is 159 Å². The first-order valence-electron chi connectivity index (χ1n) is 9.83. The van der Waals surface area contributed by atoms with Crippen LogP contribution in [0.2, 0.25) is 0 Å². The summed E-state index contributed by atoms with van der Waals surface area (Å²) < 4.78 is 4.81. The smallest absolute Gasteiger partial charge is 0.240 e. The van der Waals surface area contributed by atoms with E-state index in [1.807, 2.05) is 17.9 Å². The summed E-state index contributed by atoms with van der Waals surface area (Å²) in [5.41, 5.74) is 2.08. The molecule has 2 aliphatic heterocycles. The molecule has 1 aromatic heterocycles. The summed E-state index contributed by atoms with van der Waals surface area (Å²) in [6, 6.07) is 10.5. The molecule has 2 aromatic rings. The van der Waals surface area contributed by atoms with Crippen LogP contribution < -0.4 is 4.90 Å². The number of aromatic nitrogens is 2. The standard InChI is InChI=1S/C20H27N5O2/c1-16-19(22-27-21-16)23-11-13-24(14-12-23)20(26)18-9-5-6-10-25(18)15-17-7-3-2-4-8-17/h2-4,7-8,18H,5-6,9-15H2,1H3/t18-/m1/s1. The van der Waals surface area contributed by atoms with Gasteiger partial charge in [-0.05, 0) is 37.0 Å². The number of aryl methyl sites for hydroxylation is 1. The minimum absolute atomic E-state index is 0.000888. The summed E-state index contributed by atoms with van der Waals surface area (Å²) in [5, 5.41) is 7.84.